The first-order valence-electron chi connectivity index (χ1n) is 9.03. The molecule has 2 rings (SSSR count). The first kappa shape index (κ1) is 13.0. The SMILES string of the molecule is [2H]C([2H])([2H])c1cccc(-c2cc(C(C)(C)C)c([Si](C)(C)C)cn2)c1F. The highest BCUT2D eigenvalue weighted by Gasteiger charge is 2.27. The van der Waals surface area contributed by atoms with Crippen molar-refractivity contribution in [2.24, 2.45) is 0 Å². The molecule has 1 heterocycles. The van der Waals surface area contributed by atoms with E-state index in [1.165, 1.54) is 11.3 Å². The van der Waals surface area contributed by atoms with E-state index in [1.807, 2.05) is 12.3 Å². The van der Waals surface area contributed by atoms with Gasteiger partial charge in [-0.05, 0) is 40.7 Å². The normalized spacial score (nSPS) is 15.1. The van der Waals surface area contributed by atoms with Crippen molar-refractivity contribution in [3.63, 3.8) is 0 Å². The Morgan fingerprint density at radius 1 is 1.18 bits per heavy atom. The topological polar surface area (TPSA) is 12.9 Å². The molecule has 1 nitrogen and oxygen atoms in total. The van der Waals surface area contributed by atoms with E-state index < -0.39 is 20.7 Å². The van der Waals surface area contributed by atoms with Gasteiger partial charge in [-0.2, -0.15) is 0 Å². The lowest BCUT2D eigenvalue weighted by molar-refractivity contribution is 0.592. The summed E-state index contributed by atoms with van der Waals surface area (Å²) >= 11 is 0. The molecule has 0 spiro atoms. The molecule has 0 amide bonds. The molecule has 0 saturated carbocycles. The summed E-state index contributed by atoms with van der Waals surface area (Å²) in [7, 11) is -1.61. The molecular formula is C19H26FNSi. The zero-order chi connectivity index (χ0) is 19.2. The number of benzene rings is 1. The van der Waals surface area contributed by atoms with Gasteiger partial charge in [0.2, 0.25) is 0 Å². The maximum absolute atomic E-state index is 14.8. The minimum atomic E-state index is -2.48. The van der Waals surface area contributed by atoms with E-state index in [4.69, 9.17) is 4.11 Å². The standard InChI is InChI=1S/C19H26FNSi/c1-13-9-8-10-14(18(13)20)16-11-15(19(2,3)4)17(12-21-16)22(5,6)7/h8-12H,1-7H3/i1D3. The maximum Gasteiger partial charge on any atom is 0.135 e. The van der Waals surface area contributed by atoms with E-state index >= 15 is 0 Å². The third kappa shape index (κ3) is 3.30. The number of aromatic nitrogens is 1. The predicted octanol–water partition coefficient (Wildman–Crippen LogP) is 5.04. The second-order valence-electron chi connectivity index (χ2n) is 7.78. The van der Waals surface area contributed by atoms with Gasteiger partial charge in [0.1, 0.15) is 5.82 Å². The molecule has 0 atom stereocenters. The van der Waals surface area contributed by atoms with Crippen molar-refractivity contribution in [3.8, 4) is 11.3 Å². The summed E-state index contributed by atoms with van der Waals surface area (Å²) in [5.74, 6) is -0.712. The molecule has 1 aromatic heterocycles. The molecule has 0 radical (unpaired) electrons. The number of pyridine rings is 1. The number of halogens is 1. The molecule has 0 unspecified atom stereocenters. The van der Waals surface area contributed by atoms with Crippen LogP contribution in [0.4, 0.5) is 4.39 Å². The second kappa shape index (κ2) is 5.62. The lowest BCUT2D eigenvalue weighted by Crippen LogP contribution is -2.43. The van der Waals surface area contributed by atoms with Crippen LogP contribution >= 0.6 is 0 Å². The van der Waals surface area contributed by atoms with Crippen molar-refractivity contribution in [2.45, 2.75) is 52.7 Å². The van der Waals surface area contributed by atoms with Gasteiger partial charge in [0.25, 0.3) is 0 Å². The molecule has 2 aromatic rings. The average Bonchev–Trinajstić information content (AvgIpc) is 2.43. The summed E-state index contributed by atoms with van der Waals surface area (Å²) in [4.78, 5) is 4.48. The molecule has 3 heteroatoms. The zero-order valence-electron chi connectivity index (χ0n) is 17.2. The van der Waals surface area contributed by atoms with E-state index in [0.717, 1.165) is 5.56 Å². The molecule has 0 aliphatic rings. The molecule has 0 aliphatic carbocycles. The average molecular weight is 319 g/mol. The van der Waals surface area contributed by atoms with Gasteiger partial charge < -0.3 is 0 Å². The molecule has 0 N–H and O–H groups in total. The predicted molar refractivity (Wildman–Crippen MR) is 96.0 cm³/mol. The van der Waals surface area contributed by atoms with Crippen molar-refractivity contribution < 1.29 is 8.50 Å². The smallest absolute Gasteiger partial charge is 0.135 e. The second-order valence-corrected chi connectivity index (χ2v) is 12.8. The van der Waals surface area contributed by atoms with E-state index in [-0.39, 0.29) is 16.5 Å². The molecule has 22 heavy (non-hydrogen) atoms. The van der Waals surface area contributed by atoms with Crippen molar-refractivity contribution in [1.29, 1.82) is 0 Å². The summed E-state index contributed by atoms with van der Waals surface area (Å²) in [6, 6.07) is 6.40. The number of hydrogen-bond donors (Lipinski definition) is 0. The van der Waals surface area contributed by atoms with E-state index in [1.54, 1.807) is 12.1 Å². The highest BCUT2D eigenvalue weighted by molar-refractivity contribution is 6.89. The van der Waals surface area contributed by atoms with Crippen LogP contribution in [0.3, 0.4) is 0 Å². The molecule has 1 aromatic carbocycles. The van der Waals surface area contributed by atoms with Gasteiger partial charge in [0, 0.05) is 15.9 Å². The fourth-order valence-corrected chi connectivity index (χ4v) is 4.26. The van der Waals surface area contributed by atoms with Crippen LogP contribution in [0, 0.1) is 12.7 Å². The van der Waals surface area contributed by atoms with Crippen LogP contribution in [0.15, 0.2) is 30.5 Å². The molecule has 0 aliphatic heterocycles. The Morgan fingerprint density at radius 3 is 2.41 bits per heavy atom. The maximum atomic E-state index is 14.8. The van der Waals surface area contributed by atoms with Gasteiger partial charge in [-0.15, -0.1) is 0 Å². The third-order valence-corrected chi connectivity index (χ3v) is 5.81. The van der Waals surface area contributed by atoms with Crippen molar-refractivity contribution >= 4 is 13.3 Å². The van der Waals surface area contributed by atoms with Gasteiger partial charge >= 0.3 is 0 Å². The van der Waals surface area contributed by atoms with Crippen LogP contribution in [0.2, 0.25) is 19.6 Å². The number of rotatable bonds is 2. The minimum Gasteiger partial charge on any atom is -0.256 e. The molecule has 0 saturated heterocycles. The Bertz CT molecular complexity index is 787. The van der Waals surface area contributed by atoms with E-state index in [0.29, 0.717) is 5.69 Å². The highest BCUT2D eigenvalue weighted by atomic mass is 28.3. The molecule has 0 bridgehead atoms. The van der Waals surface area contributed by atoms with Gasteiger partial charge in [-0.25, -0.2) is 4.39 Å². The van der Waals surface area contributed by atoms with Gasteiger partial charge in [0.05, 0.1) is 13.8 Å². The highest BCUT2D eigenvalue weighted by Crippen LogP contribution is 2.28. The van der Waals surface area contributed by atoms with Crippen molar-refractivity contribution in [3.05, 3.63) is 47.4 Å². The lowest BCUT2D eigenvalue weighted by Gasteiger charge is -2.29. The van der Waals surface area contributed by atoms with Crippen LogP contribution in [0.25, 0.3) is 11.3 Å². The molecule has 118 valence electrons. The quantitative estimate of drug-likeness (QED) is 0.707. The number of hydrogen-bond acceptors (Lipinski definition) is 1. The fraction of sp³-hybridized carbons (Fsp3) is 0.421. The van der Waals surface area contributed by atoms with Gasteiger partial charge in [-0.1, -0.05) is 52.5 Å². The van der Waals surface area contributed by atoms with Gasteiger partial charge in [0.15, 0.2) is 0 Å². The monoisotopic (exact) mass is 318 g/mol. The zero-order valence-corrected chi connectivity index (χ0v) is 15.2. The Kier molecular flexibility index (Phi) is 3.32. The summed E-state index contributed by atoms with van der Waals surface area (Å²) in [5.41, 5.74) is 1.50. The molecular weight excluding hydrogens is 289 g/mol. The summed E-state index contributed by atoms with van der Waals surface area (Å²) in [6.45, 7) is 10.7. The third-order valence-electron chi connectivity index (χ3n) is 3.79. The van der Waals surface area contributed by atoms with Crippen LogP contribution < -0.4 is 5.19 Å². The number of nitrogens with zero attached hydrogens (tertiary/aromatic N) is 1. The van der Waals surface area contributed by atoms with Crippen molar-refractivity contribution in [2.75, 3.05) is 0 Å². The largest absolute Gasteiger partial charge is 0.256 e. The Balaban J connectivity index is 2.71. The molecule has 0 fully saturated rings. The summed E-state index contributed by atoms with van der Waals surface area (Å²) in [6.07, 6.45) is 1.85. The lowest BCUT2D eigenvalue weighted by atomic mass is 9.86. The van der Waals surface area contributed by atoms with E-state index in [2.05, 4.69) is 45.4 Å². The first-order valence-corrected chi connectivity index (χ1v) is 11.0. The summed E-state index contributed by atoms with van der Waals surface area (Å²) < 4.78 is 37.4. The van der Waals surface area contributed by atoms with Crippen LogP contribution in [0.5, 0.6) is 0 Å². The summed E-state index contributed by atoms with van der Waals surface area (Å²) in [5, 5.41) is 1.25. The van der Waals surface area contributed by atoms with Crippen LogP contribution in [0.1, 0.15) is 36.0 Å². The Labute approximate surface area is 138 Å². The first-order chi connectivity index (χ1) is 11.2. The van der Waals surface area contributed by atoms with Crippen LogP contribution in [-0.4, -0.2) is 13.1 Å². The minimum absolute atomic E-state index is 0.106. The number of aryl methyl sites for hydroxylation is 1. The fourth-order valence-electron chi connectivity index (χ4n) is 2.55. The van der Waals surface area contributed by atoms with Crippen LogP contribution in [-0.2, 0) is 5.41 Å². The van der Waals surface area contributed by atoms with E-state index in [9.17, 15) is 4.39 Å². The Hall–Kier alpha value is -1.48. The Morgan fingerprint density at radius 2 is 1.86 bits per heavy atom. The van der Waals surface area contributed by atoms with Crippen molar-refractivity contribution in [1.82, 2.24) is 4.98 Å². The van der Waals surface area contributed by atoms with Gasteiger partial charge in [-0.3, -0.25) is 4.98 Å².